The van der Waals surface area contributed by atoms with Crippen LogP contribution in [0.1, 0.15) is 19.5 Å². The minimum absolute atomic E-state index is 0.454. The first-order valence-corrected chi connectivity index (χ1v) is 13.9. The van der Waals surface area contributed by atoms with E-state index in [1.54, 1.807) is 0 Å². The topological polar surface area (TPSA) is 40.6 Å². The van der Waals surface area contributed by atoms with E-state index in [1.165, 1.54) is 4.90 Å². The van der Waals surface area contributed by atoms with Crippen molar-refractivity contribution < 1.29 is 4.74 Å². The highest BCUT2D eigenvalue weighted by atomic mass is 35.5. The Morgan fingerprint density at radius 3 is 2.59 bits per heavy atom. The summed E-state index contributed by atoms with van der Waals surface area (Å²) in [6, 6.07) is 27.5. The Balaban J connectivity index is 1.19. The molecule has 5 nitrogen and oxygen atoms in total. The Hall–Kier alpha value is -2.77. The van der Waals surface area contributed by atoms with Crippen molar-refractivity contribution in [3.05, 3.63) is 89.6 Å². The molecule has 0 amide bonds. The Morgan fingerprint density at radius 1 is 0.973 bits per heavy atom. The number of anilines is 2. The third-order valence-electron chi connectivity index (χ3n) is 6.67. The molecule has 1 aromatic heterocycles. The second-order valence-corrected chi connectivity index (χ2v) is 11.2. The summed E-state index contributed by atoms with van der Waals surface area (Å²) in [5, 5.41) is 5.24. The van der Waals surface area contributed by atoms with E-state index < -0.39 is 0 Å². The second-order valence-electron chi connectivity index (χ2n) is 9.67. The first-order chi connectivity index (χ1) is 17.9. The second kappa shape index (κ2) is 11.7. The smallest absolute Gasteiger partial charge is 0.122 e. The standard InChI is InChI=1S/C30H33ClN4OS/c1-21-15-30(28-11-7-8-12-29(28)32-21)33-25-16-24(31)17-26(18-25)36-14-13-34-19-23(3)35(20-22(34)2)37-27-9-5-4-6-10-27/h4-12,15-18,22-23H,13-14,19-20H2,1-3H3,(H,32,33)/t22-,23-/m0/s1. The number of fused-ring (bicyclic) bond motifs is 1. The number of hydrogen-bond acceptors (Lipinski definition) is 6. The zero-order chi connectivity index (χ0) is 25.8. The van der Waals surface area contributed by atoms with Crippen LogP contribution in [0, 0.1) is 6.92 Å². The molecule has 2 heterocycles. The summed E-state index contributed by atoms with van der Waals surface area (Å²) in [6.07, 6.45) is 0. The molecule has 1 saturated heterocycles. The van der Waals surface area contributed by atoms with Crippen LogP contribution in [0.2, 0.25) is 5.02 Å². The van der Waals surface area contributed by atoms with Crippen molar-refractivity contribution >= 4 is 45.8 Å². The third kappa shape index (κ3) is 6.57. The number of aryl methyl sites for hydroxylation is 1. The molecule has 1 fully saturated rings. The number of benzene rings is 3. The molecule has 37 heavy (non-hydrogen) atoms. The molecule has 0 bridgehead atoms. The van der Waals surface area contributed by atoms with Gasteiger partial charge in [0.15, 0.2) is 0 Å². The highest BCUT2D eigenvalue weighted by molar-refractivity contribution is 7.97. The molecule has 0 radical (unpaired) electrons. The number of nitrogens with one attached hydrogen (secondary N) is 1. The van der Waals surface area contributed by atoms with Gasteiger partial charge < -0.3 is 10.1 Å². The molecule has 1 aliphatic heterocycles. The fraction of sp³-hybridized carbons (Fsp3) is 0.300. The van der Waals surface area contributed by atoms with Crippen molar-refractivity contribution in [1.29, 1.82) is 0 Å². The fourth-order valence-electron chi connectivity index (χ4n) is 4.79. The lowest BCUT2D eigenvalue weighted by molar-refractivity contribution is 0.0845. The molecule has 3 aromatic carbocycles. The SMILES string of the molecule is Cc1cc(Nc2cc(Cl)cc(OCCN3C[C@H](C)N(Sc4ccccc4)C[C@@H]3C)c2)c2ccccc2n1. The number of halogens is 1. The molecule has 192 valence electrons. The van der Waals surface area contributed by atoms with Gasteiger partial charge >= 0.3 is 0 Å². The summed E-state index contributed by atoms with van der Waals surface area (Å²) in [4.78, 5) is 8.44. The monoisotopic (exact) mass is 532 g/mol. The summed E-state index contributed by atoms with van der Waals surface area (Å²) >= 11 is 8.32. The van der Waals surface area contributed by atoms with E-state index in [4.69, 9.17) is 16.3 Å². The van der Waals surface area contributed by atoms with Gasteiger partial charge in [-0.05, 0) is 69.1 Å². The molecule has 4 aromatic rings. The maximum absolute atomic E-state index is 6.47. The minimum Gasteiger partial charge on any atom is -0.492 e. The number of rotatable bonds is 8. The first kappa shape index (κ1) is 25.9. The van der Waals surface area contributed by atoms with Crippen LogP contribution in [0.4, 0.5) is 11.4 Å². The van der Waals surface area contributed by atoms with E-state index in [0.29, 0.717) is 23.7 Å². The molecule has 2 atom stereocenters. The number of ether oxygens (including phenoxy) is 1. The van der Waals surface area contributed by atoms with Crippen LogP contribution in [0.15, 0.2) is 83.8 Å². The van der Waals surface area contributed by atoms with Crippen molar-refractivity contribution in [2.45, 2.75) is 37.8 Å². The molecule has 1 aliphatic rings. The average Bonchev–Trinajstić information content (AvgIpc) is 2.87. The van der Waals surface area contributed by atoms with E-state index in [1.807, 2.05) is 55.3 Å². The number of para-hydroxylation sites is 1. The number of piperazine rings is 1. The van der Waals surface area contributed by atoms with Crippen molar-refractivity contribution in [1.82, 2.24) is 14.2 Å². The highest BCUT2D eigenvalue weighted by Gasteiger charge is 2.29. The quantitative estimate of drug-likeness (QED) is 0.238. The number of hydrogen-bond donors (Lipinski definition) is 1. The van der Waals surface area contributed by atoms with Gasteiger partial charge in [0.05, 0.1) is 5.52 Å². The van der Waals surface area contributed by atoms with E-state index >= 15 is 0 Å². The summed E-state index contributed by atoms with van der Waals surface area (Å²) in [5.74, 6) is 0.768. The van der Waals surface area contributed by atoms with Gasteiger partial charge in [0, 0.05) is 70.2 Å². The predicted octanol–water partition coefficient (Wildman–Crippen LogP) is 7.42. The lowest BCUT2D eigenvalue weighted by atomic mass is 10.1. The van der Waals surface area contributed by atoms with E-state index in [-0.39, 0.29) is 0 Å². The molecule has 5 rings (SSSR count). The molecule has 0 unspecified atom stereocenters. The van der Waals surface area contributed by atoms with E-state index in [2.05, 4.69) is 75.8 Å². The number of nitrogens with zero attached hydrogens (tertiary/aromatic N) is 3. The molecule has 0 saturated carbocycles. The highest BCUT2D eigenvalue weighted by Crippen LogP contribution is 2.31. The van der Waals surface area contributed by atoms with Crippen LogP contribution < -0.4 is 10.1 Å². The van der Waals surface area contributed by atoms with Gasteiger partial charge in [0.2, 0.25) is 0 Å². The number of aromatic nitrogens is 1. The molecule has 7 heteroatoms. The van der Waals surface area contributed by atoms with Crippen molar-refractivity contribution in [2.75, 3.05) is 31.6 Å². The van der Waals surface area contributed by atoms with Gasteiger partial charge in [-0.1, -0.05) is 48.0 Å². The third-order valence-corrected chi connectivity index (χ3v) is 8.11. The minimum atomic E-state index is 0.454. The summed E-state index contributed by atoms with van der Waals surface area (Å²) in [5.41, 5.74) is 3.83. The molecule has 0 aliphatic carbocycles. The Morgan fingerprint density at radius 2 is 1.76 bits per heavy atom. The van der Waals surface area contributed by atoms with E-state index in [9.17, 15) is 0 Å². The van der Waals surface area contributed by atoms with Gasteiger partial charge in [-0.15, -0.1) is 0 Å². The van der Waals surface area contributed by atoms with Crippen molar-refractivity contribution in [2.24, 2.45) is 0 Å². The molecular formula is C30H33ClN4OS. The zero-order valence-electron chi connectivity index (χ0n) is 21.5. The Labute approximate surface area is 228 Å². The Bertz CT molecular complexity index is 1350. The zero-order valence-corrected chi connectivity index (χ0v) is 23.1. The lowest BCUT2D eigenvalue weighted by Gasteiger charge is -2.43. The van der Waals surface area contributed by atoms with Gasteiger partial charge in [0.25, 0.3) is 0 Å². The first-order valence-electron chi connectivity index (χ1n) is 12.7. The van der Waals surface area contributed by atoms with Crippen LogP contribution in [-0.2, 0) is 0 Å². The maximum atomic E-state index is 6.47. The Kier molecular flexibility index (Phi) is 8.20. The van der Waals surface area contributed by atoms with E-state index in [0.717, 1.165) is 53.4 Å². The normalized spacial score (nSPS) is 18.7. The van der Waals surface area contributed by atoms with Crippen LogP contribution in [-0.4, -0.2) is 52.5 Å². The van der Waals surface area contributed by atoms with Crippen LogP contribution >= 0.6 is 23.5 Å². The van der Waals surface area contributed by atoms with Crippen LogP contribution in [0.5, 0.6) is 5.75 Å². The number of pyridine rings is 1. The van der Waals surface area contributed by atoms with Crippen LogP contribution in [0.25, 0.3) is 10.9 Å². The molecular weight excluding hydrogens is 500 g/mol. The fourth-order valence-corrected chi connectivity index (χ4v) is 6.10. The largest absolute Gasteiger partial charge is 0.492 e. The van der Waals surface area contributed by atoms with Gasteiger partial charge in [-0.2, -0.15) is 0 Å². The summed E-state index contributed by atoms with van der Waals surface area (Å²) in [7, 11) is 0. The predicted molar refractivity (Wildman–Crippen MR) is 156 cm³/mol. The lowest BCUT2D eigenvalue weighted by Crippen LogP contribution is -2.54. The van der Waals surface area contributed by atoms with Gasteiger partial charge in [0.1, 0.15) is 12.4 Å². The van der Waals surface area contributed by atoms with Gasteiger partial charge in [-0.3, -0.25) is 9.88 Å². The van der Waals surface area contributed by atoms with Gasteiger partial charge in [-0.25, -0.2) is 4.31 Å². The van der Waals surface area contributed by atoms with Crippen molar-refractivity contribution in [3.63, 3.8) is 0 Å². The van der Waals surface area contributed by atoms with Crippen LogP contribution in [0.3, 0.4) is 0 Å². The van der Waals surface area contributed by atoms with Crippen molar-refractivity contribution in [3.8, 4) is 5.75 Å². The summed E-state index contributed by atoms with van der Waals surface area (Å²) in [6.45, 7) is 10.1. The molecule has 0 spiro atoms. The summed E-state index contributed by atoms with van der Waals surface area (Å²) < 4.78 is 8.68. The average molecular weight is 533 g/mol. The maximum Gasteiger partial charge on any atom is 0.122 e. The molecule has 1 N–H and O–H groups in total.